The van der Waals surface area contributed by atoms with Crippen molar-refractivity contribution in [3.8, 4) is 0 Å². The number of ether oxygens (including phenoxy) is 1. The zero-order chi connectivity index (χ0) is 21.9. The van der Waals surface area contributed by atoms with Gasteiger partial charge in [0.1, 0.15) is 6.54 Å². The van der Waals surface area contributed by atoms with Crippen molar-refractivity contribution in [2.45, 2.75) is 25.5 Å². The van der Waals surface area contributed by atoms with Crippen molar-refractivity contribution in [1.82, 2.24) is 10.6 Å². The number of oxime groups is 1. The smallest absolute Gasteiger partial charge is 0.356 e. The van der Waals surface area contributed by atoms with E-state index < -0.39 is 58.4 Å². The molecule has 0 aliphatic heterocycles. The molecule has 13 heteroatoms. The average molecular weight is 421 g/mol. The fraction of sp³-hybridized carbons (Fsp3) is 0.600. The number of thioether (sulfide) groups is 1. The summed E-state index contributed by atoms with van der Waals surface area (Å²) in [5.41, 5.74) is -0.556. The Balaban J connectivity index is 5.86. The molecule has 2 atom stereocenters. The van der Waals surface area contributed by atoms with E-state index in [-0.39, 0.29) is 13.2 Å². The van der Waals surface area contributed by atoms with Crippen LogP contribution in [0.25, 0.3) is 0 Å². The van der Waals surface area contributed by atoms with E-state index in [1.807, 2.05) is 5.32 Å². The summed E-state index contributed by atoms with van der Waals surface area (Å²) < 4.78 is 2.24. The van der Waals surface area contributed by atoms with Crippen LogP contribution >= 0.6 is 11.8 Å². The predicted molar refractivity (Wildman–Crippen MR) is 97.2 cm³/mol. The summed E-state index contributed by atoms with van der Waals surface area (Å²) >= 11 is 0.371. The van der Waals surface area contributed by atoms with E-state index in [2.05, 4.69) is 15.2 Å². The largest absolute Gasteiger partial charge is 0.480 e. The Morgan fingerprint density at radius 2 is 1.75 bits per heavy atom. The fourth-order valence-corrected chi connectivity index (χ4v) is 3.27. The maximum absolute atomic E-state index is 12.6. The van der Waals surface area contributed by atoms with Gasteiger partial charge in [-0.1, -0.05) is 12.1 Å². The molecule has 0 aromatic heterocycles. The predicted octanol–water partition coefficient (Wildman–Crippen LogP) is -1.09. The molecule has 0 aliphatic rings. The number of carbonyl (C=O) groups excluding carboxylic acids is 3. The van der Waals surface area contributed by atoms with Crippen LogP contribution in [-0.2, 0) is 28.7 Å². The molecule has 0 saturated heterocycles. The van der Waals surface area contributed by atoms with Crippen LogP contribution < -0.4 is 10.6 Å². The van der Waals surface area contributed by atoms with Crippen LogP contribution in [0, 0.1) is 5.92 Å². The van der Waals surface area contributed by atoms with Gasteiger partial charge >= 0.3 is 17.9 Å². The van der Waals surface area contributed by atoms with Crippen LogP contribution in [0.1, 0.15) is 20.8 Å². The van der Waals surface area contributed by atoms with Gasteiger partial charge in [0.05, 0.1) is 12.5 Å². The molecule has 0 saturated carbocycles. The SMILES string of the molecule is CCNC(=O)C(SCC(=NO)C(=O)OCC)(C(=O)O)C(C)C(=O)NCC(=O)O. The van der Waals surface area contributed by atoms with E-state index in [0.29, 0.717) is 11.8 Å². The number of carbonyl (C=O) groups is 5. The standard InChI is InChI=1S/C15H23N3O9S/c1-4-16-13(23)15(14(24)25,8(3)11(21)17-6-10(19)20)28-7-9(18-26)12(22)27-5-2/h8,26H,4-7H2,1-3H3,(H,16,23)(H,17,21)(H,19,20)(H,24,25). The van der Waals surface area contributed by atoms with Crippen molar-refractivity contribution in [2.24, 2.45) is 11.1 Å². The average Bonchev–Trinajstić information content (AvgIpc) is 2.62. The quantitative estimate of drug-likeness (QED) is 0.0850. The number of nitrogens with zero attached hydrogens (tertiary/aromatic N) is 1. The van der Waals surface area contributed by atoms with Gasteiger partial charge in [0.25, 0.3) is 0 Å². The summed E-state index contributed by atoms with van der Waals surface area (Å²) in [5, 5.41) is 34.5. The zero-order valence-corrected chi connectivity index (χ0v) is 16.4. The topological polar surface area (TPSA) is 192 Å². The summed E-state index contributed by atoms with van der Waals surface area (Å²) in [5.74, 6) is -8.20. The Kier molecular flexibility index (Phi) is 10.6. The maximum Gasteiger partial charge on any atom is 0.356 e. The molecule has 0 radical (unpaired) electrons. The molecule has 2 amide bonds. The van der Waals surface area contributed by atoms with Crippen molar-refractivity contribution >= 4 is 47.2 Å². The van der Waals surface area contributed by atoms with Gasteiger partial charge in [0.15, 0.2) is 5.71 Å². The summed E-state index contributed by atoms with van der Waals surface area (Å²) in [6, 6.07) is 0. The van der Waals surface area contributed by atoms with E-state index in [4.69, 9.17) is 10.3 Å². The van der Waals surface area contributed by atoms with E-state index in [0.717, 1.165) is 6.92 Å². The van der Waals surface area contributed by atoms with Gasteiger partial charge in [-0.05, 0) is 13.8 Å². The highest BCUT2D eigenvalue weighted by atomic mass is 32.2. The highest BCUT2D eigenvalue weighted by Gasteiger charge is 2.54. The van der Waals surface area contributed by atoms with Crippen molar-refractivity contribution in [3.05, 3.63) is 0 Å². The number of hydrogen-bond acceptors (Lipinski definition) is 9. The lowest BCUT2D eigenvalue weighted by molar-refractivity contribution is -0.149. The minimum atomic E-state index is -2.43. The molecule has 5 N–H and O–H groups in total. The summed E-state index contributed by atoms with van der Waals surface area (Å²) in [6.45, 7) is 3.42. The minimum absolute atomic E-state index is 0.0308. The third kappa shape index (κ3) is 6.40. The van der Waals surface area contributed by atoms with Gasteiger partial charge in [-0.3, -0.25) is 19.2 Å². The molecule has 158 valence electrons. The van der Waals surface area contributed by atoms with Crippen molar-refractivity contribution in [3.63, 3.8) is 0 Å². The third-order valence-corrected chi connectivity index (χ3v) is 5.06. The zero-order valence-electron chi connectivity index (χ0n) is 15.6. The van der Waals surface area contributed by atoms with Gasteiger partial charge in [-0.15, -0.1) is 11.8 Å². The van der Waals surface area contributed by atoms with Crippen LogP contribution in [0.3, 0.4) is 0 Å². The Bertz CT molecular complexity index is 653. The lowest BCUT2D eigenvalue weighted by Gasteiger charge is -2.32. The number of esters is 1. The highest BCUT2D eigenvalue weighted by Crippen LogP contribution is 2.35. The number of nitrogens with one attached hydrogen (secondary N) is 2. The number of aliphatic carboxylic acids is 2. The van der Waals surface area contributed by atoms with Gasteiger partial charge < -0.3 is 30.8 Å². The van der Waals surface area contributed by atoms with Gasteiger partial charge in [0.2, 0.25) is 16.6 Å². The molecular formula is C15H23N3O9S. The van der Waals surface area contributed by atoms with Gasteiger partial charge in [-0.25, -0.2) is 4.79 Å². The van der Waals surface area contributed by atoms with Crippen molar-refractivity contribution < 1.29 is 44.1 Å². The van der Waals surface area contributed by atoms with Gasteiger partial charge in [-0.2, -0.15) is 0 Å². The molecule has 0 spiro atoms. The molecule has 0 heterocycles. The van der Waals surface area contributed by atoms with Crippen LogP contribution in [-0.4, -0.2) is 81.1 Å². The highest BCUT2D eigenvalue weighted by molar-refractivity contribution is 8.03. The number of hydrogen-bond donors (Lipinski definition) is 5. The lowest BCUT2D eigenvalue weighted by atomic mass is 9.91. The molecule has 0 rings (SSSR count). The molecule has 0 aromatic rings. The summed E-state index contributed by atoms with van der Waals surface area (Å²) in [4.78, 5) is 59.2. The summed E-state index contributed by atoms with van der Waals surface area (Å²) in [7, 11) is 0. The van der Waals surface area contributed by atoms with Crippen LogP contribution in [0.15, 0.2) is 5.16 Å². The Labute approximate surface area is 164 Å². The molecule has 12 nitrogen and oxygen atoms in total. The molecule has 0 aromatic carbocycles. The molecule has 28 heavy (non-hydrogen) atoms. The Morgan fingerprint density at radius 1 is 1.14 bits per heavy atom. The molecule has 2 unspecified atom stereocenters. The van der Waals surface area contributed by atoms with E-state index in [1.165, 1.54) is 13.8 Å². The molecule has 0 bridgehead atoms. The monoisotopic (exact) mass is 421 g/mol. The first-order valence-electron chi connectivity index (χ1n) is 8.11. The second-order valence-electron chi connectivity index (χ2n) is 5.29. The van der Waals surface area contributed by atoms with Crippen LogP contribution in [0.5, 0.6) is 0 Å². The Hall–Kier alpha value is -2.83. The first-order valence-corrected chi connectivity index (χ1v) is 9.10. The Morgan fingerprint density at radius 3 is 2.18 bits per heavy atom. The second kappa shape index (κ2) is 11.8. The molecule has 0 aliphatic carbocycles. The van der Waals surface area contributed by atoms with E-state index in [1.54, 1.807) is 0 Å². The maximum atomic E-state index is 12.6. The van der Waals surface area contributed by atoms with E-state index >= 15 is 0 Å². The molecular weight excluding hydrogens is 398 g/mol. The van der Waals surface area contributed by atoms with Crippen LogP contribution in [0.4, 0.5) is 0 Å². The molecule has 0 fully saturated rings. The first-order chi connectivity index (χ1) is 13.1. The summed E-state index contributed by atoms with van der Waals surface area (Å²) in [6.07, 6.45) is 0. The van der Waals surface area contributed by atoms with Crippen molar-refractivity contribution in [2.75, 3.05) is 25.4 Å². The number of carboxylic acid groups (broad SMARTS) is 2. The third-order valence-electron chi connectivity index (χ3n) is 3.48. The number of amides is 2. The normalized spacial score (nSPS) is 14.3. The second-order valence-corrected chi connectivity index (χ2v) is 6.51. The number of rotatable bonds is 12. The first kappa shape index (κ1) is 25.2. The number of carboxylic acids is 2. The van der Waals surface area contributed by atoms with Gasteiger partial charge in [0, 0.05) is 12.3 Å². The van der Waals surface area contributed by atoms with E-state index in [9.17, 15) is 29.1 Å². The minimum Gasteiger partial charge on any atom is -0.480 e. The van der Waals surface area contributed by atoms with Crippen molar-refractivity contribution in [1.29, 1.82) is 0 Å². The lowest BCUT2D eigenvalue weighted by Crippen LogP contribution is -2.58. The fourth-order valence-electron chi connectivity index (χ4n) is 2.05. The van der Waals surface area contributed by atoms with Crippen LogP contribution in [0.2, 0.25) is 0 Å².